The van der Waals surface area contributed by atoms with Crippen LogP contribution in [0.15, 0.2) is 9.32 Å². The molecule has 1 N–H and O–H groups in total. The molecule has 0 unspecified atom stereocenters. The smallest absolute Gasteiger partial charge is 0.297 e. The third-order valence-corrected chi connectivity index (χ3v) is 5.11. The number of H-pyrrole nitrogens is 1. The molecule has 0 atom stereocenters. The Balaban J connectivity index is 1.79. The Morgan fingerprint density at radius 1 is 0.952 bits per heavy atom. The highest BCUT2D eigenvalue weighted by Gasteiger charge is 2.27. The van der Waals surface area contributed by atoms with E-state index in [2.05, 4.69) is 10.1 Å². The summed E-state index contributed by atoms with van der Waals surface area (Å²) in [5.74, 6) is 1.65. The van der Waals surface area contributed by atoms with Gasteiger partial charge in [-0.1, -0.05) is 37.3 Å². The van der Waals surface area contributed by atoms with Crippen molar-refractivity contribution >= 4 is 11.1 Å². The number of aromatic nitrogens is 3. The molecule has 2 saturated carbocycles. The van der Waals surface area contributed by atoms with Crippen LogP contribution in [-0.2, 0) is 0 Å². The molecule has 2 heterocycles. The van der Waals surface area contributed by atoms with Gasteiger partial charge in [0.1, 0.15) is 17.0 Å². The van der Waals surface area contributed by atoms with Gasteiger partial charge >= 0.3 is 0 Å². The van der Waals surface area contributed by atoms with Crippen LogP contribution in [0.25, 0.3) is 11.1 Å². The van der Waals surface area contributed by atoms with E-state index in [1.807, 2.05) is 0 Å². The highest BCUT2D eigenvalue weighted by atomic mass is 16.5. The monoisotopic (exact) mass is 287 g/mol. The summed E-state index contributed by atoms with van der Waals surface area (Å²) in [6.45, 7) is 0. The van der Waals surface area contributed by atoms with Gasteiger partial charge in [-0.05, 0) is 25.7 Å². The lowest BCUT2D eigenvalue weighted by Gasteiger charge is -2.20. The maximum absolute atomic E-state index is 12.2. The maximum atomic E-state index is 12.2. The highest BCUT2D eigenvalue weighted by molar-refractivity contribution is 5.74. The predicted octanol–water partition coefficient (Wildman–Crippen LogP) is 3.62. The van der Waals surface area contributed by atoms with Crippen molar-refractivity contribution in [3.63, 3.8) is 0 Å². The fourth-order valence-corrected chi connectivity index (χ4v) is 3.91. The van der Waals surface area contributed by atoms with Crippen molar-refractivity contribution in [3.8, 4) is 0 Å². The molecule has 112 valence electrons. The van der Waals surface area contributed by atoms with Crippen molar-refractivity contribution in [1.82, 2.24) is 15.1 Å². The standard InChI is InChI=1S/C16H21N3O2/c20-16-14-13(12(19-21-14)10-6-4-5-7-10)17-15(18-16)11-8-2-1-3-9-11/h10-11H,1-9H2,(H,17,18,20). The van der Waals surface area contributed by atoms with Gasteiger partial charge in [0.05, 0.1) is 0 Å². The second kappa shape index (κ2) is 5.28. The number of nitrogens with one attached hydrogen (secondary N) is 1. The largest absolute Gasteiger partial charge is 0.348 e. The molecule has 0 aliphatic heterocycles. The predicted molar refractivity (Wildman–Crippen MR) is 79.5 cm³/mol. The molecule has 0 aromatic carbocycles. The summed E-state index contributed by atoms with van der Waals surface area (Å²) in [5.41, 5.74) is 1.76. The van der Waals surface area contributed by atoms with Crippen molar-refractivity contribution < 1.29 is 4.52 Å². The SMILES string of the molecule is O=c1[nH]c(C2CCCCC2)nc2c(C3CCCC3)noc12. The average Bonchev–Trinajstić information content (AvgIpc) is 3.16. The zero-order chi connectivity index (χ0) is 14.2. The lowest BCUT2D eigenvalue weighted by Crippen LogP contribution is -2.16. The molecule has 2 aliphatic rings. The van der Waals surface area contributed by atoms with Crippen LogP contribution in [-0.4, -0.2) is 15.1 Å². The molecule has 2 aliphatic carbocycles. The fourth-order valence-electron chi connectivity index (χ4n) is 3.91. The van der Waals surface area contributed by atoms with Crippen LogP contribution in [0.2, 0.25) is 0 Å². The molecular weight excluding hydrogens is 266 g/mol. The van der Waals surface area contributed by atoms with Gasteiger partial charge in [0.25, 0.3) is 5.56 Å². The van der Waals surface area contributed by atoms with Crippen molar-refractivity contribution in [2.24, 2.45) is 0 Å². The molecule has 4 rings (SSSR count). The average molecular weight is 287 g/mol. The van der Waals surface area contributed by atoms with E-state index in [1.165, 1.54) is 32.1 Å². The van der Waals surface area contributed by atoms with Crippen LogP contribution in [0.4, 0.5) is 0 Å². The molecule has 21 heavy (non-hydrogen) atoms. The summed E-state index contributed by atoms with van der Waals surface area (Å²) in [5, 5.41) is 4.17. The summed E-state index contributed by atoms with van der Waals surface area (Å²) < 4.78 is 5.28. The van der Waals surface area contributed by atoms with E-state index < -0.39 is 0 Å². The van der Waals surface area contributed by atoms with Gasteiger partial charge in [0.2, 0.25) is 5.58 Å². The topological polar surface area (TPSA) is 71.8 Å². The molecule has 0 amide bonds. The Hall–Kier alpha value is -1.65. The van der Waals surface area contributed by atoms with Crippen LogP contribution in [0.5, 0.6) is 0 Å². The maximum Gasteiger partial charge on any atom is 0.297 e. The fraction of sp³-hybridized carbons (Fsp3) is 0.688. The second-order valence-corrected chi connectivity index (χ2v) is 6.51. The number of rotatable bonds is 2. The Labute approximate surface area is 123 Å². The molecule has 2 aromatic heterocycles. The van der Waals surface area contributed by atoms with Crippen LogP contribution in [0.3, 0.4) is 0 Å². The molecular formula is C16H21N3O2. The van der Waals surface area contributed by atoms with Crippen molar-refractivity contribution in [2.45, 2.75) is 69.6 Å². The lowest BCUT2D eigenvalue weighted by molar-refractivity contribution is 0.425. The first kappa shape index (κ1) is 13.0. The number of fused-ring (bicyclic) bond motifs is 1. The zero-order valence-electron chi connectivity index (χ0n) is 12.2. The van der Waals surface area contributed by atoms with E-state index in [9.17, 15) is 4.79 Å². The van der Waals surface area contributed by atoms with E-state index in [1.54, 1.807) is 0 Å². The minimum Gasteiger partial charge on any atom is -0.348 e. The lowest BCUT2D eigenvalue weighted by atomic mass is 9.88. The van der Waals surface area contributed by atoms with Crippen molar-refractivity contribution in [3.05, 3.63) is 21.9 Å². The van der Waals surface area contributed by atoms with E-state index in [0.29, 0.717) is 22.9 Å². The second-order valence-electron chi connectivity index (χ2n) is 6.51. The molecule has 2 fully saturated rings. The molecule has 2 aromatic rings. The Morgan fingerprint density at radius 2 is 1.62 bits per heavy atom. The van der Waals surface area contributed by atoms with Crippen LogP contribution < -0.4 is 5.56 Å². The summed E-state index contributed by atoms with van der Waals surface area (Å²) in [7, 11) is 0. The third kappa shape index (κ3) is 2.28. The normalized spacial score (nSPS) is 21.3. The quantitative estimate of drug-likeness (QED) is 0.915. The highest BCUT2D eigenvalue weighted by Crippen LogP contribution is 2.36. The summed E-state index contributed by atoms with van der Waals surface area (Å²) >= 11 is 0. The molecule has 0 bridgehead atoms. The van der Waals surface area contributed by atoms with E-state index in [0.717, 1.165) is 37.2 Å². The van der Waals surface area contributed by atoms with Crippen LogP contribution in [0, 0.1) is 0 Å². The molecule has 0 saturated heterocycles. The minimum absolute atomic E-state index is 0.169. The van der Waals surface area contributed by atoms with Crippen LogP contribution in [0.1, 0.15) is 81.1 Å². The number of aromatic amines is 1. The molecule has 5 nitrogen and oxygen atoms in total. The van der Waals surface area contributed by atoms with E-state index >= 15 is 0 Å². The van der Waals surface area contributed by atoms with Gasteiger partial charge in [-0.15, -0.1) is 0 Å². The van der Waals surface area contributed by atoms with Crippen molar-refractivity contribution in [1.29, 1.82) is 0 Å². The summed E-state index contributed by atoms with van der Waals surface area (Å²) in [4.78, 5) is 19.9. The summed E-state index contributed by atoms with van der Waals surface area (Å²) in [6.07, 6.45) is 10.7. The van der Waals surface area contributed by atoms with Crippen molar-refractivity contribution in [2.75, 3.05) is 0 Å². The van der Waals surface area contributed by atoms with Gasteiger partial charge in [-0.25, -0.2) is 4.98 Å². The number of hydrogen-bond acceptors (Lipinski definition) is 4. The summed E-state index contributed by atoms with van der Waals surface area (Å²) in [6, 6.07) is 0. The van der Waals surface area contributed by atoms with Gasteiger partial charge in [0, 0.05) is 11.8 Å². The van der Waals surface area contributed by atoms with E-state index in [-0.39, 0.29) is 5.56 Å². The van der Waals surface area contributed by atoms with Gasteiger partial charge in [-0.2, -0.15) is 0 Å². The number of hydrogen-bond donors (Lipinski definition) is 1. The Kier molecular flexibility index (Phi) is 3.28. The Bertz CT molecular complexity index is 691. The number of nitrogens with zero attached hydrogens (tertiary/aromatic N) is 2. The van der Waals surface area contributed by atoms with Gasteiger partial charge in [0.15, 0.2) is 0 Å². The first-order valence-corrected chi connectivity index (χ1v) is 8.22. The van der Waals surface area contributed by atoms with Gasteiger partial charge < -0.3 is 9.51 Å². The third-order valence-electron chi connectivity index (χ3n) is 5.11. The first-order valence-electron chi connectivity index (χ1n) is 8.22. The molecule has 0 radical (unpaired) electrons. The molecule has 5 heteroatoms. The molecule has 0 spiro atoms. The van der Waals surface area contributed by atoms with E-state index in [4.69, 9.17) is 9.51 Å². The minimum atomic E-state index is -0.169. The zero-order valence-corrected chi connectivity index (χ0v) is 12.2. The first-order chi connectivity index (χ1) is 10.3. The van der Waals surface area contributed by atoms with Gasteiger partial charge in [-0.3, -0.25) is 4.79 Å². The Morgan fingerprint density at radius 3 is 2.38 bits per heavy atom. The van der Waals surface area contributed by atoms with Crippen LogP contribution >= 0.6 is 0 Å².